The molecule has 0 heterocycles. The van der Waals surface area contributed by atoms with Crippen molar-refractivity contribution in [1.29, 1.82) is 0 Å². The van der Waals surface area contributed by atoms with E-state index in [1.54, 1.807) is 0 Å². The Morgan fingerprint density at radius 2 is 1.50 bits per heavy atom. The molecule has 156 valence electrons. The summed E-state index contributed by atoms with van der Waals surface area (Å²) in [6, 6.07) is 24.2. The highest BCUT2D eigenvalue weighted by atomic mass is 32.2. The minimum atomic E-state index is -4.09. The first kappa shape index (κ1) is 21.6. The number of hydrogen-bond acceptors (Lipinski definition) is 5. The number of nitrogens with zero attached hydrogens (tertiary/aromatic N) is 2. The van der Waals surface area contributed by atoms with E-state index in [-0.39, 0.29) is 11.4 Å². The Kier molecular flexibility index (Phi) is 6.94. The van der Waals surface area contributed by atoms with Crippen LogP contribution in [0.25, 0.3) is 0 Å². The van der Waals surface area contributed by atoms with Crippen LogP contribution < -0.4 is 0 Å². The topological polar surface area (TPSA) is 89.8 Å². The van der Waals surface area contributed by atoms with Gasteiger partial charge in [0.1, 0.15) is 0 Å². The number of likely N-dealkylation sites (N-methyl/N-ethyl adjacent to an activating group) is 1. The van der Waals surface area contributed by atoms with Gasteiger partial charge in [-0.15, -0.1) is 0 Å². The fraction of sp³-hybridized carbons (Fsp3) is 0.182. The minimum absolute atomic E-state index is 0.00519. The van der Waals surface area contributed by atoms with E-state index in [1.807, 2.05) is 60.7 Å². The first-order valence-electron chi connectivity index (χ1n) is 9.30. The number of rotatable bonds is 9. The van der Waals surface area contributed by atoms with E-state index < -0.39 is 26.7 Å². The van der Waals surface area contributed by atoms with Gasteiger partial charge in [-0.2, -0.15) is 4.31 Å². The lowest BCUT2D eigenvalue weighted by Crippen LogP contribution is -2.32. The lowest BCUT2D eigenvalue weighted by molar-refractivity contribution is -0.387. The minimum Gasteiger partial charge on any atom is -0.367 e. The lowest BCUT2D eigenvalue weighted by Gasteiger charge is -2.24. The number of sulfonamides is 1. The highest BCUT2D eigenvalue weighted by Crippen LogP contribution is 2.28. The number of para-hydroxylation sites is 1. The van der Waals surface area contributed by atoms with Crippen molar-refractivity contribution < 1.29 is 18.1 Å². The molecule has 0 saturated heterocycles. The van der Waals surface area contributed by atoms with Gasteiger partial charge in [0, 0.05) is 19.7 Å². The predicted molar refractivity (Wildman–Crippen MR) is 113 cm³/mol. The highest BCUT2D eigenvalue weighted by molar-refractivity contribution is 7.89. The maximum Gasteiger partial charge on any atom is 0.289 e. The Labute approximate surface area is 175 Å². The number of benzene rings is 3. The normalized spacial score (nSPS) is 12.6. The maximum atomic E-state index is 13.1. The van der Waals surface area contributed by atoms with Crippen molar-refractivity contribution in [3.63, 3.8) is 0 Å². The summed E-state index contributed by atoms with van der Waals surface area (Å²) >= 11 is 0. The van der Waals surface area contributed by atoms with Gasteiger partial charge in [0.05, 0.1) is 17.6 Å². The Bertz CT molecular complexity index is 1090. The van der Waals surface area contributed by atoms with Gasteiger partial charge in [-0.1, -0.05) is 72.8 Å². The van der Waals surface area contributed by atoms with Gasteiger partial charge in [-0.05, 0) is 17.2 Å². The van der Waals surface area contributed by atoms with Crippen LogP contribution in [0.2, 0.25) is 0 Å². The maximum absolute atomic E-state index is 13.1. The number of nitro groups is 1. The van der Waals surface area contributed by atoms with E-state index in [1.165, 1.54) is 31.3 Å². The third kappa shape index (κ3) is 5.10. The van der Waals surface area contributed by atoms with E-state index in [0.29, 0.717) is 6.61 Å². The van der Waals surface area contributed by atoms with Crippen molar-refractivity contribution in [3.05, 3.63) is 106 Å². The summed E-state index contributed by atoms with van der Waals surface area (Å²) in [7, 11) is -2.69. The predicted octanol–water partition coefficient (Wildman–Crippen LogP) is 4.17. The molecule has 30 heavy (non-hydrogen) atoms. The van der Waals surface area contributed by atoms with Gasteiger partial charge in [-0.3, -0.25) is 10.1 Å². The van der Waals surface area contributed by atoms with Gasteiger partial charge in [0.25, 0.3) is 5.69 Å². The van der Waals surface area contributed by atoms with Crippen molar-refractivity contribution in [3.8, 4) is 0 Å². The van der Waals surface area contributed by atoms with E-state index in [4.69, 9.17) is 4.74 Å². The largest absolute Gasteiger partial charge is 0.367 e. The number of ether oxygens (including phenoxy) is 1. The molecular weight excluding hydrogens is 404 g/mol. The molecule has 1 unspecified atom stereocenters. The van der Waals surface area contributed by atoms with Crippen LogP contribution in [0.5, 0.6) is 0 Å². The average Bonchev–Trinajstić information content (AvgIpc) is 2.77. The Morgan fingerprint density at radius 3 is 2.13 bits per heavy atom. The second-order valence-corrected chi connectivity index (χ2v) is 8.72. The van der Waals surface area contributed by atoms with Gasteiger partial charge >= 0.3 is 0 Å². The van der Waals surface area contributed by atoms with Crippen LogP contribution in [0.4, 0.5) is 5.69 Å². The summed E-state index contributed by atoms with van der Waals surface area (Å²) in [5.41, 5.74) is 1.33. The fourth-order valence-electron chi connectivity index (χ4n) is 3.02. The molecule has 0 aliphatic rings. The summed E-state index contributed by atoms with van der Waals surface area (Å²) < 4.78 is 33.3. The third-order valence-corrected chi connectivity index (χ3v) is 6.51. The van der Waals surface area contributed by atoms with Crippen LogP contribution in [0.3, 0.4) is 0 Å². The SMILES string of the molecule is CN(CC(OCc1ccccc1)c1ccccc1)S(=O)(=O)c1ccccc1[N+](=O)[O-]. The highest BCUT2D eigenvalue weighted by Gasteiger charge is 2.31. The lowest BCUT2D eigenvalue weighted by atomic mass is 10.1. The van der Waals surface area contributed by atoms with Gasteiger partial charge < -0.3 is 4.74 Å². The molecule has 0 bridgehead atoms. The van der Waals surface area contributed by atoms with Crippen LogP contribution in [0, 0.1) is 10.1 Å². The zero-order valence-electron chi connectivity index (χ0n) is 16.4. The Hall–Kier alpha value is -3.07. The Morgan fingerprint density at radius 1 is 0.933 bits per heavy atom. The van der Waals surface area contributed by atoms with Crippen molar-refractivity contribution in [2.75, 3.05) is 13.6 Å². The standard InChI is InChI=1S/C22H22N2O5S/c1-23(30(27,28)22-15-9-8-14-20(22)24(25)26)16-21(19-12-6-3-7-13-19)29-17-18-10-4-2-5-11-18/h2-15,21H,16-17H2,1H3. The Balaban J connectivity index is 1.85. The van der Waals surface area contributed by atoms with Crippen molar-refractivity contribution >= 4 is 15.7 Å². The van der Waals surface area contributed by atoms with Crippen molar-refractivity contribution in [2.24, 2.45) is 0 Å². The molecule has 0 aliphatic carbocycles. The van der Waals surface area contributed by atoms with Gasteiger partial charge in [0.2, 0.25) is 10.0 Å². The second-order valence-electron chi connectivity index (χ2n) is 6.71. The average molecular weight is 426 g/mol. The molecule has 0 aromatic heterocycles. The molecule has 0 amide bonds. The molecule has 0 spiro atoms. The molecule has 0 fully saturated rings. The van der Waals surface area contributed by atoms with Crippen molar-refractivity contribution in [2.45, 2.75) is 17.6 Å². The second kappa shape index (κ2) is 9.62. The number of hydrogen-bond donors (Lipinski definition) is 0. The van der Waals surface area contributed by atoms with Crippen molar-refractivity contribution in [1.82, 2.24) is 4.31 Å². The molecule has 3 rings (SSSR count). The quantitative estimate of drug-likeness (QED) is 0.378. The summed E-state index contributed by atoms with van der Waals surface area (Å²) in [5, 5.41) is 11.3. The van der Waals surface area contributed by atoms with Gasteiger partial charge in [-0.25, -0.2) is 8.42 Å². The molecule has 0 N–H and O–H groups in total. The first-order chi connectivity index (χ1) is 14.4. The zero-order valence-corrected chi connectivity index (χ0v) is 17.2. The van der Waals surface area contributed by atoms with Crippen LogP contribution in [-0.2, 0) is 21.4 Å². The van der Waals surface area contributed by atoms with Crippen LogP contribution >= 0.6 is 0 Å². The molecule has 1 atom stereocenters. The van der Waals surface area contributed by atoms with E-state index in [2.05, 4.69) is 0 Å². The summed E-state index contributed by atoms with van der Waals surface area (Å²) in [6.07, 6.45) is -0.547. The molecule has 8 heteroatoms. The van der Waals surface area contributed by atoms with Gasteiger partial charge in [0.15, 0.2) is 4.90 Å². The summed E-state index contributed by atoms with van der Waals surface area (Å²) in [6.45, 7) is 0.311. The van der Waals surface area contributed by atoms with E-state index in [0.717, 1.165) is 15.4 Å². The molecular formula is C22H22N2O5S. The van der Waals surface area contributed by atoms with Crippen LogP contribution in [0.1, 0.15) is 17.2 Å². The molecule has 3 aromatic rings. The zero-order chi connectivity index (χ0) is 21.6. The van der Waals surface area contributed by atoms with E-state index in [9.17, 15) is 18.5 Å². The van der Waals surface area contributed by atoms with E-state index >= 15 is 0 Å². The fourth-order valence-corrected chi connectivity index (χ4v) is 4.34. The molecule has 3 aromatic carbocycles. The first-order valence-corrected chi connectivity index (χ1v) is 10.7. The van der Waals surface area contributed by atoms with Crippen LogP contribution in [0.15, 0.2) is 89.8 Å². The third-order valence-electron chi connectivity index (χ3n) is 4.64. The smallest absolute Gasteiger partial charge is 0.289 e. The van der Waals surface area contributed by atoms with Crippen LogP contribution in [-0.4, -0.2) is 31.2 Å². The monoisotopic (exact) mass is 426 g/mol. The summed E-state index contributed by atoms with van der Waals surface area (Å²) in [4.78, 5) is 10.3. The summed E-state index contributed by atoms with van der Waals surface area (Å²) in [5.74, 6) is 0. The number of nitro benzene ring substituents is 1. The molecule has 0 saturated carbocycles. The molecule has 0 aliphatic heterocycles. The molecule has 7 nitrogen and oxygen atoms in total. The molecule has 0 radical (unpaired) electrons.